The molecule has 0 spiro atoms. The molecule has 0 amide bonds. The van der Waals surface area contributed by atoms with E-state index in [1.54, 1.807) is 32.4 Å². The van der Waals surface area contributed by atoms with Crippen LogP contribution in [0.3, 0.4) is 0 Å². The van der Waals surface area contributed by atoms with Gasteiger partial charge in [0.1, 0.15) is 23.4 Å². The molecular weight excluding hydrogens is 268 g/mol. The lowest BCUT2D eigenvalue weighted by Crippen LogP contribution is -2.20. The Labute approximate surface area is 123 Å². The minimum Gasteiger partial charge on any atom is -0.497 e. The van der Waals surface area contributed by atoms with E-state index < -0.39 is 0 Å². The van der Waals surface area contributed by atoms with E-state index in [0.29, 0.717) is 23.5 Å². The summed E-state index contributed by atoms with van der Waals surface area (Å²) in [4.78, 5) is 12.3. The van der Waals surface area contributed by atoms with Gasteiger partial charge in [-0.05, 0) is 29.8 Å². The lowest BCUT2D eigenvalue weighted by atomic mass is 9.96. The number of hydrogen-bond acceptors (Lipinski definition) is 4. The van der Waals surface area contributed by atoms with Crippen LogP contribution in [0.4, 0.5) is 0 Å². The number of rotatable bonds is 3. The molecule has 1 unspecified atom stereocenters. The van der Waals surface area contributed by atoms with Gasteiger partial charge in [-0.15, -0.1) is 0 Å². The van der Waals surface area contributed by atoms with E-state index in [1.165, 1.54) is 0 Å². The molecule has 0 radical (unpaired) electrons. The van der Waals surface area contributed by atoms with Gasteiger partial charge in [0.2, 0.25) is 0 Å². The Morgan fingerprint density at radius 1 is 1.05 bits per heavy atom. The van der Waals surface area contributed by atoms with Gasteiger partial charge in [0.15, 0.2) is 5.78 Å². The Bertz CT molecular complexity index is 678. The minimum atomic E-state index is -0.299. The number of ketones is 1. The summed E-state index contributed by atoms with van der Waals surface area (Å²) in [6.07, 6.45) is 0.0270. The van der Waals surface area contributed by atoms with Crippen molar-refractivity contribution in [2.75, 3.05) is 14.2 Å². The first-order chi connectivity index (χ1) is 10.2. The molecule has 1 atom stereocenters. The molecular formula is C17H16O4. The van der Waals surface area contributed by atoms with Gasteiger partial charge in [0.25, 0.3) is 0 Å². The molecule has 4 nitrogen and oxygen atoms in total. The maximum atomic E-state index is 12.3. The van der Waals surface area contributed by atoms with Crippen molar-refractivity contribution >= 4 is 5.78 Å². The molecule has 21 heavy (non-hydrogen) atoms. The second kappa shape index (κ2) is 5.48. The van der Waals surface area contributed by atoms with Crippen LogP contribution < -0.4 is 14.2 Å². The van der Waals surface area contributed by atoms with Crippen molar-refractivity contribution < 1.29 is 19.0 Å². The molecule has 0 fully saturated rings. The average molecular weight is 284 g/mol. The summed E-state index contributed by atoms with van der Waals surface area (Å²) in [6, 6.07) is 12.9. The zero-order valence-corrected chi connectivity index (χ0v) is 12.0. The van der Waals surface area contributed by atoms with Gasteiger partial charge in [-0.3, -0.25) is 4.79 Å². The van der Waals surface area contributed by atoms with Crippen molar-refractivity contribution in [2.45, 2.75) is 12.5 Å². The van der Waals surface area contributed by atoms with E-state index in [9.17, 15) is 4.79 Å². The fourth-order valence-corrected chi connectivity index (χ4v) is 2.46. The predicted octanol–water partition coefficient (Wildman–Crippen LogP) is 3.41. The van der Waals surface area contributed by atoms with Crippen molar-refractivity contribution in [1.29, 1.82) is 0 Å². The van der Waals surface area contributed by atoms with Gasteiger partial charge in [-0.2, -0.15) is 0 Å². The molecule has 3 rings (SSSR count). The first-order valence-corrected chi connectivity index (χ1v) is 6.73. The maximum Gasteiger partial charge on any atom is 0.170 e. The number of hydrogen-bond donors (Lipinski definition) is 0. The summed E-state index contributed by atoms with van der Waals surface area (Å²) >= 11 is 0. The quantitative estimate of drug-likeness (QED) is 0.866. The van der Waals surface area contributed by atoms with Gasteiger partial charge < -0.3 is 14.2 Å². The van der Waals surface area contributed by atoms with E-state index in [-0.39, 0.29) is 11.9 Å². The Morgan fingerprint density at radius 2 is 1.81 bits per heavy atom. The Balaban J connectivity index is 1.94. The van der Waals surface area contributed by atoms with Gasteiger partial charge in [-0.25, -0.2) is 0 Å². The lowest BCUT2D eigenvalue weighted by molar-refractivity contribution is 0.0849. The fraction of sp³-hybridized carbons (Fsp3) is 0.235. The van der Waals surface area contributed by atoms with Crippen LogP contribution >= 0.6 is 0 Å². The minimum absolute atomic E-state index is 0.0757. The topological polar surface area (TPSA) is 44.8 Å². The van der Waals surface area contributed by atoms with Crippen LogP contribution in [-0.2, 0) is 0 Å². The summed E-state index contributed by atoms with van der Waals surface area (Å²) in [7, 11) is 3.21. The molecule has 1 aliphatic heterocycles. The fourth-order valence-electron chi connectivity index (χ4n) is 2.46. The van der Waals surface area contributed by atoms with Crippen molar-refractivity contribution in [2.24, 2.45) is 0 Å². The third-order valence-corrected chi connectivity index (χ3v) is 3.59. The van der Waals surface area contributed by atoms with Gasteiger partial charge in [0, 0.05) is 6.07 Å². The molecule has 0 saturated heterocycles. The van der Waals surface area contributed by atoms with E-state index >= 15 is 0 Å². The summed E-state index contributed by atoms with van der Waals surface area (Å²) in [5, 5.41) is 0. The number of carbonyl (C=O) groups is 1. The second-order valence-corrected chi connectivity index (χ2v) is 4.87. The summed E-state index contributed by atoms with van der Waals surface area (Å²) in [6.45, 7) is 0. The van der Waals surface area contributed by atoms with Crippen LogP contribution in [0.2, 0.25) is 0 Å². The van der Waals surface area contributed by atoms with Crippen LogP contribution in [0, 0.1) is 0 Å². The summed E-state index contributed by atoms with van der Waals surface area (Å²) in [5.41, 5.74) is 1.53. The monoisotopic (exact) mass is 284 g/mol. The van der Waals surface area contributed by atoms with Crippen LogP contribution in [-0.4, -0.2) is 20.0 Å². The summed E-state index contributed by atoms with van der Waals surface area (Å²) < 4.78 is 16.4. The Kier molecular flexibility index (Phi) is 3.52. The predicted molar refractivity (Wildman–Crippen MR) is 78.3 cm³/mol. The van der Waals surface area contributed by atoms with E-state index in [4.69, 9.17) is 14.2 Å². The van der Waals surface area contributed by atoms with Crippen LogP contribution in [0.25, 0.3) is 0 Å². The normalized spacial score (nSPS) is 16.9. The Hall–Kier alpha value is -2.49. The van der Waals surface area contributed by atoms with Crippen LogP contribution in [0.5, 0.6) is 17.2 Å². The van der Waals surface area contributed by atoms with Crippen molar-refractivity contribution in [3.8, 4) is 17.2 Å². The Morgan fingerprint density at radius 3 is 2.57 bits per heavy atom. The number of fused-ring (bicyclic) bond motifs is 1. The standard InChI is InChI=1S/C17H16O4/c1-19-12-5-3-4-11(8-12)16-10-15(18)14-7-6-13(20-2)9-17(14)21-16/h3-9,16H,10H2,1-2H3. The zero-order valence-electron chi connectivity index (χ0n) is 12.0. The molecule has 2 aromatic carbocycles. The van der Waals surface area contributed by atoms with Crippen LogP contribution in [0.1, 0.15) is 28.4 Å². The number of Topliss-reactive ketones (excluding diaryl/α,β-unsaturated/α-hetero) is 1. The largest absolute Gasteiger partial charge is 0.497 e. The highest BCUT2D eigenvalue weighted by Crippen LogP contribution is 2.37. The molecule has 0 bridgehead atoms. The van der Waals surface area contributed by atoms with E-state index in [0.717, 1.165) is 11.3 Å². The van der Waals surface area contributed by atoms with E-state index in [1.807, 2.05) is 24.3 Å². The second-order valence-electron chi connectivity index (χ2n) is 4.87. The van der Waals surface area contributed by atoms with Crippen molar-refractivity contribution in [1.82, 2.24) is 0 Å². The molecule has 2 aromatic rings. The SMILES string of the molecule is COc1cccc(C2CC(=O)c3ccc(OC)cc3O2)c1. The van der Waals surface area contributed by atoms with Crippen molar-refractivity contribution in [3.05, 3.63) is 53.6 Å². The summed E-state index contributed by atoms with van der Waals surface area (Å²) in [5.74, 6) is 2.07. The highest BCUT2D eigenvalue weighted by Gasteiger charge is 2.28. The first kappa shape index (κ1) is 13.5. The molecule has 0 N–H and O–H groups in total. The van der Waals surface area contributed by atoms with Gasteiger partial charge >= 0.3 is 0 Å². The van der Waals surface area contributed by atoms with Gasteiger partial charge in [0.05, 0.1) is 26.2 Å². The van der Waals surface area contributed by atoms with Gasteiger partial charge in [-0.1, -0.05) is 12.1 Å². The lowest BCUT2D eigenvalue weighted by Gasteiger charge is -2.26. The van der Waals surface area contributed by atoms with Crippen molar-refractivity contribution in [3.63, 3.8) is 0 Å². The molecule has 0 aliphatic carbocycles. The smallest absolute Gasteiger partial charge is 0.170 e. The maximum absolute atomic E-state index is 12.3. The highest BCUT2D eigenvalue weighted by molar-refractivity contribution is 6.00. The highest BCUT2D eigenvalue weighted by atomic mass is 16.5. The molecule has 0 aromatic heterocycles. The number of carbonyl (C=O) groups excluding carboxylic acids is 1. The van der Waals surface area contributed by atoms with E-state index in [2.05, 4.69) is 0 Å². The molecule has 4 heteroatoms. The molecule has 0 saturated carbocycles. The first-order valence-electron chi connectivity index (χ1n) is 6.73. The third kappa shape index (κ3) is 2.57. The molecule has 1 heterocycles. The number of ether oxygens (including phenoxy) is 3. The zero-order chi connectivity index (χ0) is 14.8. The number of methoxy groups -OCH3 is 2. The average Bonchev–Trinajstić information content (AvgIpc) is 2.54. The number of benzene rings is 2. The molecule has 1 aliphatic rings. The molecule has 108 valence electrons. The third-order valence-electron chi connectivity index (χ3n) is 3.59. The van der Waals surface area contributed by atoms with Crippen LogP contribution in [0.15, 0.2) is 42.5 Å².